The zero-order valence-corrected chi connectivity index (χ0v) is 15.7. The maximum absolute atomic E-state index is 12.4. The molecule has 2 rings (SSSR count). The van der Waals surface area contributed by atoms with Gasteiger partial charge in [0.25, 0.3) is 0 Å². The van der Waals surface area contributed by atoms with E-state index >= 15 is 0 Å². The molecule has 29 heavy (non-hydrogen) atoms. The molecule has 1 aliphatic rings. The minimum Gasteiger partial charge on any atom is -0.481 e. The molecule has 0 amide bonds. The van der Waals surface area contributed by atoms with Crippen LogP contribution in [0.3, 0.4) is 0 Å². The summed E-state index contributed by atoms with van der Waals surface area (Å²) in [6, 6.07) is 5.94. The summed E-state index contributed by atoms with van der Waals surface area (Å²) in [6.45, 7) is 0. The number of rotatable bonds is 7. The van der Waals surface area contributed by atoms with Gasteiger partial charge in [0, 0.05) is 11.9 Å². The Morgan fingerprint density at radius 3 is 2.10 bits per heavy atom. The van der Waals surface area contributed by atoms with Gasteiger partial charge < -0.3 is 24.6 Å². The molecule has 0 bridgehead atoms. The van der Waals surface area contributed by atoms with E-state index in [0.717, 1.165) is 0 Å². The second-order valence-corrected chi connectivity index (χ2v) is 5.90. The van der Waals surface area contributed by atoms with Crippen molar-refractivity contribution in [3.63, 3.8) is 0 Å². The summed E-state index contributed by atoms with van der Waals surface area (Å²) in [5, 5.41) is 18.2. The van der Waals surface area contributed by atoms with Crippen LogP contribution in [0.2, 0.25) is 0 Å². The predicted molar refractivity (Wildman–Crippen MR) is 101 cm³/mol. The minimum atomic E-state index is -1.26. The van der Waals surface area contributed by atoms with Crippen LogP contribution in [0.25, 0.3) is 0 Å². The molecule has 152 valence electrons. The van der Waals surface area contributed by atoms with Gasteiger partial charge in [-0.3, -0.25) is 9.59 Å². The zero-order chi connectivity index (χ0) is 21.6. The molecule has 0 spiro atoms. The number of carboxylic acids is 2. The Morgan fingerprint density at radius 1 is 0.966 bits per heavy atom. The molecular formula is C20H19NO8. The van der Waals surface area contributed by atoms with Crippen LogP contribution in [-0.4, -0.2) is 48.3 Å². The molecule has 1 heterocycles. The summed E-state index contributed by atoms with van der Waals surface area (Å²) < 4.78 is 9.54. The summed E-state index contributed by atoms with van der Waals surface area (Å²) in [5.74, 6) is -5.23. The topological polar surface area (TPSA) is 130 Å². The monoisotopic (exact) mass is 401 g/mol. The van der Waals surface area contributed by atoms with Crippen molar-refractivity contribution < 1.29 is 38.9 Å². The molecule has 1 aliphatic heterocycles. The number of carbonyl (C=O) groups excluding carboxylic acids is 2. The van der Waals surface area contributed by atoms with Crippen LogP contribution in [0.1, 0.15) is 17.9 Å². The summed E-state index contributed by atoms with van der Waals surface area (Å²) in [4.78, 5) is 48.2. The van der Waals surface area contributed by atoms with Crippen molar-refractivity contribution in [1.82, 2.24) is 0 Å². The third kappa shape index (κ3) is 4.89. The SMILES string of the molecule is COC(=O)C1=C(C(=O)OC)N(c2ccc(C(CC(=O)O)C(=O)O)cc2)C=CC=C1. The largest absolute Gasteiger partial charge is 0.481 e. The second-order valence-electron chi connectivity index (χ2n) is 5.90. The van der Waals surface area contributed by atoms with Gasteiger partial charge in [-0.15, -0.1) is 0 Å². The van der Waals surface area contributed by atoms with Gasteiger partial charge in [0.1, 0.15) is 5.70 Å². The number of hydrogen-bond acceptors (Lipinski definition) is 7. The summed E-state index contributed by atoms with van der Waals surface area (Å²) in [5.41, 5.74) is 0.604. The van der Waals surface area contributed by atoms with E-state index in [4.69, 9.17) is 14.6 Å². The number of methoxy groups -OCH3 is 2. The quantitative estimate of drug-likeness (QED) is 0.657. The van der Waals surface area contributed by atoms with E-state index in [0.29, 0.717) is 5.69 Å². The molecular weight excluding hydrogens is 382 g/mol. The number of carboxylic acid groups (broad SMARTS) is 2. The van der Waals surface area contributed by atoms with Crippen molar-refractivity contribution in [3.8, 4) is 0 Å². The van der Waals surface area contributed by atoms with Crippen LogP contribution < -0.4 is 4.90 Å². The van der Waals surface area contributed by atoms with Gasteiger partial charge >= 0.3 is 23.9 Å². The molecule has 1 aromatic carbocycles. The number of aliphatic carboxylic acids is 2. The molecule has 9 heteroatoms. The third-order valence-electron chi connectivity index (χ3n) is 4.14. The van der Waals surface area contributed by atoms with Gasteiger partial charge in [-0.25, -0.2) is 9.59 Å². The van der Waals surface area contributed by atoms with E-state index in [9.17, 15) is 24.3 Å². The van der Waals surface area contributed by atoms with Crippen LogP contribution in [0.4, 0.5) is 5.69 Å². The minimum absolute atomic E-state index is 0.0253. The fourth-order valence-corrected chi connectivity index (χ4v) is 2.76. The van der Waals surface area contributed by atoms with Crippen LogP contribution in [0.15, 0.2) is 60.0 Å². The lowest BCUT2D eigenvalue weighted by Crippen LogP contribution is -2.27. The maximum atomic E-state index is 12.4. The molecule has 1 unspecified atom stereocenters. The van der Waals surface area contributed by atoms with Crippen LogP contribution in [-0.2, 0) is 28.7 Å². The lowest BCUT2D eigenvalue weighted by molar-refractivity contribution is -0.145. The summed E-state index contributed by atoms with van der Waals surface area (Å²) in [7, 11) is 2.36. The zero-order valence-electron chi connectivity index (χ0n) is 15.7. The van der Waals surface area contributed by atoms with Crippen molar-refractivity contribution >= 4 is 29.6 Å². The highest BCUT2D eigenvalue weighted by molar-refractivity contribution is 6.05. The Kier molecular flexibility index (Phi) is 6.91. The van der Waals surface area contributed by atoms with Crippen molar-refractivity contribution in [1.29, 1.82) is 0 Å². The molecule has 2 N–H and O–H groups in total. The van der Waals surface area contributed by atoms with Crippen LogP contribution in [0.5, 0.6) is 0 Å². The first-order valence-corrected chi connectivity index (χ1v) is 8.39. The van der Waals surface area contributed by atoms with Gasteiger partial charge in [0.2, 0.25) is 0 Å². The van der Waals surface area contributed by atoms with E-state index in [2.05, 4.69) is 0 Å². The third-order valence-corrected chi connectivity index (χ3v) is 4.14. The van der Waals surface area contributed by atoms with E-state index in [1.54, 1.807) is 12.2 Å². The normalized spacial score (nSPS) is 14.2. The van der Waals surface area contributed by atoms with E-state index < -0.39 is 36.2 Å². The van der Waals surface area contributed by atoms with Crippen LogP contribution >= 0.6 is 0 Å². The van der Waals surface area contributed by atoms with Crippen molar-refractivity contribution in [3.05, 3.63) is 65.5 Å². The number of carbonyl (C=O) groups is 4. The molecule has 0 aliphatic carbocycles. The average Bonchev–Trinajstić information content (AvgIpc) is 2.93. The smallest absolute Gasteiger partial charge is 0.355 e. The van der Waals surface area contributed by atoms with Gasteiger partial charge in [-0.2, -0.15) is 0 Å². The molecule has 0 fully saturated rings. The molecule has 9 nitrogen and oxygen atoms in total. The number of hydrogen-bond donors (Lipinski definition) is 2. The fraction of sp³-hybridized carbons (Fsp3) is 0.200. The van der Waals surface area contributed by atoms with Gasteiger partial charge in [-0.1, -0.05) is 18.2 Å². The summed E-state index contributed by atoms with van der Waals surface area (Å²) >= 11 is 0. The predicted octanol–water partition coefficient (Wildman–Crippen LogP) is 1.82. The molecule has 0 aromatic heterocycles. The van der Waals surface area contributed by atoms with E-state index in [-0.39, 0.29) is 16.8 Å². The Hall–Kier alpha value is -3.88. The Morgan fingerprint density at radius 2 is 1.59 bits per heavy atom. The second kappa shape index (κ2) is 9.36. The van der Waals surface area contributed by atoms with Crippen molar-refractivity contribution in [2.24, 2.45) is 0 Å². The van der Waals surface area contributed by atoms with Gasteiger partial charge in [0.05, 0.1) is 32.1 Å². The number of anilines is 1. The average molecular weight is 401 g/mol. The van der Waals surface area contributed by atoms with Gasteiger partial charge in [-0.05, 0) is 29.8 Å². The summed E-state index contributed by atoms with van der Waals surface area (Å²) in [6.07, 6.45) is 5.52. The van der Waals surface area contributed by atoms with Crippen LogP contribution in [0, 0.1) is 0 Å². The van der Waals surface area contributed by atoms with Crippen molar-refractivity contribution in [2.45, 2.75) is 12.3 Å². The number of nitrogens with zero attached hydrogens (tertiary/aromatic N) is 1. The van der Waals surface area contributed by atoms with Crippen molar-refractivity contribution in [2.75, 3.05) is 19.1 Å². The lowest BCUT2D eigenvalue weighted by Gasteiger charge is -2.23. The Bertz CT molecular complexity index is 911. The molecule has 1 atom stereocenters. The highest BCUT2D eigenvalue weighted by Gasteiger charge is 2.28. The Labute approximate surface area is 166 Å². The highest BCUT2D eigenvalue weighted by Crippen LogP contribution is 2.29. The number of benzene rings is 1. The fourth-order valence-electron chi connectivity index (χ4n) is 2.76. The standard InChI is InChI=1S/C20H19NO8/c1-28-19(26)14-5-3-4-10-21(17(14)20(27)29-2)13-8-6-12(7-9-13)15(18(24)25)11-16(22)23/h3-10,15H,11H2,1-2H3,(H,22,23)(H,24,25). The Balaban J connectivity index is 2.50. The molecule has 1 aromatic rings. The molecule has 0 saturated carbocycles. The molecule has 0 saturated heterocycles. The van der Waals surface area contributed by atoms with E-state index in [1.165, 1.54) is 55.7 Å². The molecule has 0 radical (unpaired) electrons. The van der Waals surface area contributed by atoms with Gasteiger partial charge in [0.15, 0.2) is 0 Å². The number of ether oxygens (including phenoxy) is 2. The highest BCUT2D eigenvalue weighted by atomic mass is 16.5. The number of allylic oxidation sites excluding steroid dienone is 2. The number of esters is 2. The first-order valence-electron chi connectivity index (χ1n) is 8.39. The van der Waals surface area contributed by atoms with E-state index in [1.807, 2.05) is 0 Å². The maximum Gasteiger partial charge on any atom is 0.355 e. The first kappa shape index (κ1) is 21.4. The first-order chi connectivity index (χ1) is 13.8. The lowest BCUT2D eigenvalue weighted by atomic mass is 9.95.